The highest BCUT2D eigenvalue weighted by molar-refractivity contribution is 7.17. The van der Waals surface area contributed by atoms with Gasteiger partial charge in [0.25, 0.3) is 0 Å². The van der Waals surface area contributed by atoms with Crippen molar-refractivity contribution in [3.05, 3.63) is 40.9 Å². The number of pyridine rings is 1. The standard InChI is InChI=1S/C16H17NOS/c18-16(12-6-4-2-1-3-5-7-12)13-10-15-14(17-11-13)8-9-19-15/h6,8-11H,1-5,7H2/b12-6+. The smallest absolute Gasteiger partial charge is 0.190 e. The summed E-state index contributed by atoms with van der Waals surface area (Å²) in [5.41, 5.74) is 2.70. The first-order valence-electron chi connectivity index (χ1n) is 6.91. The van der Waals surface area contributed by atoms with Gasteiger partial charge in [0.15, 0.2) is 5.78 Å². The summed E-state index contributed by atoms with van der Waals surface area (Å²) in [5.74, 6) is 0.171. The van der Waals surface area contributed by atoms with Crippen LogP contribution in [0, 0.1) is 0 Å². The lowest BCUT2D eigenvalue weighted by Gasteiger charge is -2.10. The number of fused-ring (bicyclic) bond motifs is 1. The quantitative estimate of drug-likeness (QED) is 0.737. The van der Waals surface area contributed by atoms with Crippen LogP contribution in [-0.2, 0) is 0 Å². The lowest BCUT2D eigenvalue weighted by molar-refractivity contribution is 0.102. The summed E-state index contributed by atoms with van der Waals surface area (Å²) in [5, 5.41) is 2.01. The van der Waals surface area contributed by atoms with E-state index in [2.05, 4.69) is 11.1 Å². The maximum absolute atomic E-state index is 12.5. The van der Waals surface area contributed by atoms with Gasteiger partial charge in [-0.3, -0.25) is 9.78 Å². The van der Waals surface area contributed by atoms with Gasteiger partial charge < -0.3 is 0 Å². The number of carbonyl (C=O) groups excluding carboxylic acids is 1. The number of allylic oxidation sites excluding steroid dienone is 2. The van der Waals surface area contributed by atoms with Crippen molar-refractivity contribution in [2.75, 3.05) is 0 Å². The second-order valence-corrected chi connectivity index (χ2v) is 5.99. The molecule has 2 nitrogen and oxygen atoms in total. The molecule has 0 saturated heterocycles. The van der Waals surface area contributed by atoms with Crippen molar-refractivity contribution in [3.63, 3.8) is 0 Å². The van der Waals surface area contributed by atoms with Gasteiger partial charge in [0.2, 0.25) is 0 Å². The average molecular weight is 271 g/mol. The molecule has 2 aromatic heterocycles. The molecule has 0 amide bonds. The summed E-state index contributed by atoms with van der Waals surface area (Å²) in [4.78, 5) is 16.9. The molecule has 0 saturated carbocycles. The highest BCUT2D eigenvalue weighted by Crippen LogP contribution is 2.24. The molecule has 2 aromatic rings. The van der Waals surface area contributed by atoms with E-state index in [0.717, 1.165) is 40.6 Å². The predicted octanol–water partition coefficient (Wildman–Crippen LogP) is 4.76. The molecule has 1 aliphatic rings. The van der Waals surface area contributed by atoms with Crippen molar-refractivity contribution < 1.29 is 4.79 Å². The summed E-state index contributed by atoms with van der Waals surface area (Å²) in [6.07, 6.45) is 10.7. The Kier molecular flexibility index (Phi) is 3.74. The van der Waals surface area contributed by atoms with Crippen molar-refractivity contribution >= 4 is 27.3 Å². The van der Waals surface area contributed by atoms with Gasteiger partial charge >= 0.3 is 0 Å². The molecule has 3 rings (SSSR count). The normalized spacial score (nSPS) is 19.5. The fourth-order valence-electron chi connectivity index (χ4n) is 2.55. The number of ketones is 1. The first-order valence-corrected chi connectivity index (χ1v) is 7.79. The van der Waals surface area contributed by atoms with E-state index < -0.39 is 0 Å². The lowest BCUT2D eigenvalue weighted by Crippen LogP contribution is -2.05. The molecule has 98 valence electrons. The van der Waals surface area contributed by atoms with Gasteiger partial charge in [0, 0.05) is 11.8 Å². The zero-order valence-corrected chi connectivity index (χ0v) is 11.7. The highest BCUT2D eigenvalue weighted by Gasteiger charge is 2.14. The number of rotatable bonds is 2. The summed E-state index contributed by atoms with van der Waals surface area (Å²) in [6.45, 7) is 0. The average Bonchev–Trinajstić information content (AvgIpc) is 2.84. The van der Waals surface area contributed by atoms with Crippen molar-refractivity contribution in [2.24, 2.45) is 0 Å². The first kappa shape index (κ1) is 12.5. The molecule has 0 radical (unpaired) electrons. The second kappa shape index (κ2) is 5.66. The third kappa shape index (κ3) is 2.76. The van der Waals surface area contributed by atoms with E-state index in [1.54, 1.807) is 17.5 Å². The van der Waals surface area contributed by atoms with E-state index in [4.69, 9.17) is 0 Å². The topological polar surface area (TPSA) is 30.0 Å². The van der Waals surface area contributed by atoms with Gasteiger partial charge in [0.1, 0.15) is 0 Å². The van der Waals surface area contributed by atoms with E-state index >= 15 is 0 Å². The van der Waals surface area contributed by atoms with Crippen molar-refractivity contribution in [3.8, 4) is 0 Å². The van der Waals surface area contributed by atoms with Crippen LogP contribution >= 0.6 is 11.3 Å². The van der Waals surface area contributed by atoms with Gasteiger partial charge in [-0.2, -0.15) is 0 Å². The van der Waals surface area contributed by atoms with Crippen LogP contribution in [0.1, 0.15) is 48.9 Å². The number of Topliss-reactive ketones (excluding diaryl/α,β-unsaturated/α-hetero) is 1. The molecule has 2 heterocycles. The minimum Gasteiger partial charge on any atom is -0.289 e. The molecule has 0 atom stereocenters. The molecule has 3 heteroatoms. The number of hydrogen-bond acceptors (Lipinski definition) is 3. The van der Waals surface area contributed by atoms with E-state index in [1.807, 2.05) is 17.5 Å². The summed E-state index contributed by atoms with van der Waals surface area (Å²) in [6, 6.07) is 3.97. The van der Waals surface area contributed by atoms with Crippen LogP contribution < -0.4 is 0 Å². The molecule has 0 spiro atoms. The Hall–Kier alpha value is -1.48. The van der Waals surface area contributed by atoms with Crippen LogP contribution in [0.5, 0.6) is 0 Å². The van der Waals surface area contributed by atoms with Gasteiger partial charge in [-0.05, 0) is 48.8 Å². The van der Waals surface area contributed by atoms with Crippen LogP contribution in [0.2, 0.25) is 0 Å². The Labute approximate surface area is 117 Å². The fraction of sp³-hybridized carbons (Fsp3) is 0.375. The maximum atomic E-state index is 12.5. The second-order valence-electron chi connectivity index (χ2n) is 5.04. The van der Waals surface area contributed by atoms with Crippen LogP contribution in [0.15, 0.2) is 35.4 Å². The highest BCUT2D eigenvalue weighted by atomic mass is 32.1. The van der Waals surface area contributed by atoms with Gasteiger partial charge in [0.05, 0.1) is 10.2 Å². The van der Waals surface area contributed by atoms with Gasteiger partial charge in [-0.1, -0.05) is 18.9 Å². The number of aromatic nitrogens is 1. The largest absolute Gasteiger partial charge is 0.289 e. The monoisotopic (exact) mass is 271 g/mol. The number of hydrogen-bond donors (Lipinski definition) is 0. The Balaban J connectivity index is 1.89. The number of nitrogens with zero attached hydrogens (tertiary/aromatic N) is 1. The fourth-order valence-corrected chi connectivity index (χ4v) is 3.33. The van der Waals surface area contributed by atoms with E-state index in [0.29, 0.717) is 0 Å². The zero-order valence-electron chi connectivity index (χ0n) is 10.9. The maximum Gasteiger partial charge on any atom is 0.190 e. The van der Waals surface area contributed by atoms with E-state index in [-0.39, 0.29) is 5.78 Å². The van der Waals surface area contributed by atoms with E-state index in [1.165, 1.54) is 19.3 Å². The third-order valence-electron chi connectivity index (χ3n) is 3.65. The molecule has 0 bridgehead atoms. The molecule has 0 N–H and O–H groups in total. The number of carbonyl (C=O) groups is 1. The van der Waals surface area contributed by atoms with Gasteiger partial charge in [-0.15, -0.1) is 11.3 Å². The molecule has 0 aliphatic heterocycles. The van der Waals surface area contributed by atoms with Crippen LogP contribution in [0.25, 0.3) is 10.2 Å². The third-order valence-corrected chi connectivity index (χ3v) is 4.50. The zero-order chi connectivity index (χ0) is 13.1. The summed E-state index contributed by atoms with van der Waals surface area (Å²) >= 11 is 1.64. The Bertz CT molecular complexity index is 626. The van der Waals surface area contributed by atoms with Crippen LogP contribution in [-0.4, -0.2) is 10.8 Å². The Morgan fingerprint density at radius 2 is 2.11 bits per heavy atom. The van der Waals surface area contributed by atoms with Crippen molar-refractivity contribution in [1.82, 2.24) is 4.98 Å². The summed E-state index contributed by atoms with van der Waals surface area (Å²) in [7, 11) is 0. The Morgan fingerprint density at radius 3 is 3.05 bits per heavy atom. The Morgan fingerprint density at radius 1 is 1.21 bits per heavy atom. The van der Waals surface area contributed by atoms with Crippen LogP contribution in [0.3, 0.4) is 0 Å². The van der Waals surface area contributed by atoms with Crippen molar-refractivity contribution in [1.29, 1.82) is 0 Å². The summed E-state index contributed by atoms with van der Waals surface area (Å²) < 4.78 is 1.09. The van der Waals surface area contributed by atoms with Crippen molar-refractivity contribution in [2.45, 2.75) is 38.5 Å². The molecular weight excluding hydrogens is 254 g/mol. The molecule has 0 unspecified atom stereocenters. The predicted molar refractivity (Wildman–Crippen MR) is 79.7 cm³/mol. The lowest BCUT2D eigenvalue weighted by atomic mass is 9.94. The molecule has 1 aliphatic carbocycles. The minimum absolute atomic E-state index is 0.171. The molecule has 0 aromatic carbocycles. The molecule has 19 heavy (non-hydrogen) atoms. The number of thiophene rings is 1. The van der Waals surface area contributed by atoms with E-state index in [9.17, 15) is 4.79 Å². The SMILES string of the molecule is O=C(/C1=C/CCCCCC1)c1cnc2ccsc2c1. The molecule has 0 fully saturated rings. The first-order chi connectivity index (χ1) is 9.34. The van der Waals surface area contributed by atoms with Gasteiger partial charge in [-0.25, -0.2) is 0 Å². The van der Waals surface area contributed by atoms with Crippen LogP contribution in [0.4, 0.5) is 0 Å². The molecular formula is C16H17NOS. The minimum atomic E-state index is 0.171.